The van der Waals surface area contributed by atoms with Crippen molar-refractivity contribution < 1.29 is 9.66 Å². The summed E-state index contributed by atoms with van der Waals surface area (Å²) in [4.78, 5) is 13.5. The zero-order chi connectivity index (χ0) is 17.8. The van der Waals surface area contributed by atoms with Gasteiger partial charge in [0.25, 0.3) is 5.69 Å². The lowest BCUT2D eigenvalue weighted by atomic mass is 9.94. The van der Waals surface area contributed by atoms with E-state index in [1.54, 1.807) is 12.1 Å². The van der Waals surface area contributed by atoms with Gasteiger partial charge in [0, 0.05) is 24.7 Å². The van der Waals surface area contributed by atoms with Gasteiger partial charge in [-0.15, -0.1) is 0 Å². The zero-order valence-corrected chi connectivity index (χ0v) is 14.8. The van der Waals surface area contributed by atoms with Crippen LogP contribution in [0.25, 0.3) is 0 Å². The van der Waals surface area contributed by atoms with E-state index in [0.717, 1.165) is 37.2 Å². The number of nitrogens with zero attached hydrogens (tertiary/aromatic N) is 2. The molecule has 0 spiro atoms. The molecule has 132 valence electrons. The monoisotopic (exact) mass is 340 g/mol. The Bertz CT molecular complexity index is 746. The maximum absolute atomic E-state index is 11.6. The Kier molecular flexibility index (Phi) is 5.22. The van der Waals surface area contributed by atoms with Gasteiger partial charge >= 0.3 is 0 Å². The maximum Gasteiger partial charge on any atom is 0.293 e. The Hall–Kier alpha value is -2.56. The standard InChI is InChI=1S/C20H24N2O3/c1-3-16-8-7-13-21(14-16)20-15(2)19(12-11-18(20)22(23)24)25-17-9-5-4-6-10-17/h4-6,9-12,16H,3,7-8,13-14H2,1-2H3/t16-/m1/s1. The maximum atomic E-state index is 11.6. The van der Waals surface area contributed by atoms with Gasteiger partial charge in [-0.05, 0) is 43.9 Å². The molecule has 3 rings (SSSR count). The summed E-state index contributed by atoms with van der Waals surface area (Å²) in [5, 5.41) is 11.6. The van der Waals surface area contributed by atoms with Gasteiger partial charge in [-0.25, -0.2) is 0 Å². The Balaban J connectivity index is 1.99. The third kappa shape index (κ3) is 3.76. The quantitative estimate of drug-likeness (QED) is 0.546. The fraction of sp³-hybridized carbons (Fsp3) is 0.400. The van der Waals surface area contributed by atoms with E-state index in [2.05, 4.69) is 11.8 Å². The molecule has 0 aliphatic carbocycles. The number of nitro benzene ring substituents is 1. The van der Waals surface area contributed by atoms with Gasteiger partial charge < -0.3 is 9.64 Å². The zero-order valence-electron chi connectivity index (χ0n) is 14.8. The van der Waals surface area contributed by atoms with Crippen LogP contribution in [0.3, 0.4) is 0 Å². The van der Waals surface area contributed by atoms with E-state index in [-0.39, 0.29) is 10.6 Å². The lowest BCUT2D eigenvalue weighted by molar-refractivity contribution is -0.384. The van der Waals surface area contributed by atoms with Crippen molar-refractivity contribution in [2.24, 2.45) is 5.92 Å². The first-order valence-electron chi connectivity index (χ1n) is 8.86. The topological polar surface area (TPSA) is 55.6 Å². The van der Waals surface area contributed by atoms with E-state index in [1.165, 1.54) is 6.42 Å². The van der Waals surface area contributed by atoms with E-state index in [4.69, 9.17) is 4.74 Å². The van der Waals surface area contributed by atoms with Crippen LogP contribution >= 0.6 is 0 Å². The number of benzene rings is 2. The smallest absolute Gasteiger partial charge is 0.293 e. The first-order valence-corrected chi connectivity index (χ1v) is 8.86. The second-order valence-corrected chi connectivity index (χ2v) is 6.59. The largest absolute Gasteiger partial charge is 0.457 e. The molecule has 1 aliphatic heterocycles. The van der Waals surface area contributed by atoms with E-state index in [0.29, 0.717) is 17.4 Å². The van der Waals surface area contributed by atoms with E-state index < -0.39 is 0 Å². The van der Waals surface area contributed by atoms with Crippen LogP contribution in [0.2, 0.25) is 0 Å². The normalized spacial score (nSPS) is 17.4. The van der Waals surface area contributed by atoms with Crippen LogP contribution in [0.5, 0.6) is 11.5 Å². The predicted molar refractivity (Wildman–Crippen MR) is 99.6 cm³/mol. The minimum absolute atomic E-state index is 0.162. The lowest BCUT2D eigenvalue weighted by Crippen LogP contribution is -2.36. The van der Waals surface area contributed by atoms with Crippen LogP contribution < -0.4 is 9.64 Å². The average Bonchev–Trinajstić information content (AvgIpc) is 2.64. The molecular weight excluding hydrogens is 316 g/mol. The Morgan fingerprint density at radius 2 is 2.00 bits per heavy atom. The summed E-state index contributed by atoms with van der Waals surface area (Å²) >= 11 is 0. The van der Waals surface area contributed by atoms with Gasteiger partial charge in [0.05, 0.1) is 4.92 Å². The van der Waals surface area contributed by atoms with E-state index in [9.17, 15) is 10.1 Å². The fourth-order valence-electron chi connectivity index (χ4n) is 3.54. The molecule has 2 aromatic rings. The molecule has 1 heterocycles. The molecule has 0 amide bonds. The summed E-state index contributed by atoms with van der Waals surface area (Å²) in [6.45, 7) is 5.82. The van der Waals surface area contributed by atoms with Crippen LogP contribution in [-0.4, -0.2) is 18.0 Å². The second-order valence-electron chi connectivity index (χ2n) is 6.59. The molecule has 5 heteroatoms. The fourth-order valence-corrected chi connectivity index (χ4v) is 3.54. The van der Waals surface area contributed by atoms with E-state index >= 15 is 0 Å². The molecule has 0 N–H and O–H groups in total. The molecular formula is C20H24N2O3. The van der Waals surface area contributed by atoms with Crippen molar-refractivity contribution in [3.63, 3.8) is 0 Å². The van der Waals surface area contributed by atoms with Crippen molar-refractivity contribution in [3.8, 4) is 11.5 Å². The van der Waals surface area contributed by atoms with E-state index in [1.807, 2.05) is 37.3 Å². The van der Waals surface area contributed by atoms with Crippen LogP contribution in [0.1, 0.15) is 31.7 Å². The first kappa shape index (κ1) is 17.3. The highest BCUT2D eigenvalue weighted by atomic mass is 16.6. The molecule has 1 aliphatic rings. The van der Waals surface area contributed by atoms with Crippen LogP contribution in [0.15, 0.2) is 42.5 Å². The third-order valence-electron chi connectivity index (χ3n) is 4.94. The molecule has 1 atom stereocenters. The van der Waals surface area contributed by atoms with Crippen molar-refractivity contribution in [2.75, 3.05) is 18.0 Å². The van der Waals surface area contributed by atoms with Gasteiger partial charge in [-0.1, -0.05) is 31.5 Å². The van der Waals surface area contributed by atoms with Crippen LogP contribution in [0.4, 0.5) is 11.4 Å². The molecule has 0 unspecified atom stereocenters. The number of anilines is 1. The molecule has 0 saturated carbocycles. The van der Waals surface area contributed by atoms with Crippen molar-refractivity contribution in [2.45, 2.75) is 33.1 Å². The predicted octanol–water partition coefficient (Wildman–Crippen LogP) is 5.32. The lowest BCUT2D eigenvalue weighted by Gasteiger charge is -2.34. The number of ether oxygens (including phenoxy) is 1. The average molecular weight is 340 g/mol. The Morgan fingerprint density at radius 3 is 2.68 bits per heavy atom. The number of hydrogen-bond donors (Lipinski definition) is 0. The number of rotatable bonds is 5. The summed E-state index contributed by atoms with van der Waals surface area (Å²) in [6, 6.07) is 12.8. The molecule has 0 radical (unpaired) electrons. The SMILES string of the molecule is CC[C@@H]1CCCN(c2c([N+](=O)[O-])ccc(Oc3ccccc3)c2C)C1. The van der Waals surface area contributed by atoms with Crippen LogP contribution in [0, 0.1) is 23.0 Å². The minimum atomic E-state index is -0.288. The summed E-state index contributed by atoms with van der Waals surface area (Å²) in [7, 11) is 0. The van der Waals surface area contributed by atoms with Gasteiger partial charge in [0.2, 0.25) is 0 Å². The van der Waals surface area contributed by atoms with Crippen molar-refractivity contribution in [3.05, 3.63) is 58.1 Å². The number of hydrogen-bond acceptors (Lipinski definition) is 4. The van der Waals surface area contributed by atoms with Gasteiger partial charge in [0.1, 0.15) is 17.2 Å². The Labute approximate surface area is 148 Å². The summed E-state index contributed by atoms with van der Waals surface area (Å²) in [6.07, 6.45) is 3.36. The molecule has 25 heavy (non-hydrogen) atoms. The summed E-state index contributed by atoms with van der Waals surface area (Å²) in [5.74, 6) is 1.99. The van der Waals surface area contributed by atoms with Crippen molar-refractivity contribution in [1.82, 2.24) is 0 Å². The highest BCUT2D eigenvalue weighted by Crippen LogP contribution is 2.40. The van der Waals surface area contributed by atoms with Gasteiger partial charge in [0.15, 0.2) is 0 Å². The van der Waals surface area contributed by atoms with Gasteiger partial charge in [-0.2, -0.15) is 0 Å². The first-order chi connectivity index (χ1) is 12.1. The minimum Gasteiger partial charge on any atom is -0.457 e. The Morgan fingerprint density at radius 1 is 1.24 bits per heavy atom. The summed E-state index contributed by atoms with van der Waals surface area (Å²) < 4.78 is 5.98. The molecule has 1 fully saturated rings. The molecule has 5 nitrogen and oxygen atoms in total. The highest BCUT2D eigenvalue weighted by Gasteiger charge is 2.28. The second kappa shape index (κ2) is 7.55. The van der Waals surface area contributed by atoms with Crippen LogP contribution in [-0.2, 0) is 0 Å². The van der Waals surface area contributed by atoms with Crippen molar-refractivity contribution >= 4 is 11.4 Å². The number of nitro groups is 1. The third-order valence-corrected chi connectivity index (χ3v) is 4.94. The molecule has 0 aromatic heterocycles. The molecule has 0 bridgehead atoms. The van der Waals surface area contributed by atoms with Gasteiger partial charge in [-0.3, -0.25) is 10.1 Å². The molecule has 2 aromatic carbocycles. The highest BCUT2D eigenvalue weighted by molar-refractivity contribution is 5.71. The molecule has 1 saturated heterocycles. The van der Waals surface area contributed by atoms with Crippen molar-refractivity contribution in [1.29, 1.82) is 0 Å². The summed E-state index contributed by atoms with van der Waals surface area (Å²) in [5.41, 5.74) is 1.70. The number of para-hydroxylation sites is 1. The number of piperidine rings is 1.